The fourth-order valence-corrected chi connectivity index (χ4v) is 2.72. The first-order valence-electron chi connectivity index (χ1n) is 6.78. The predicted octanol–water partition coefficient (Wildman–Crippen LogP) is 4.67. The molecule has 0 fully saturated rings. The third-order valence-electron chi connectivity index (χ3n) is 3.60. The zero-order valence-corrected chi connectivity index (χ0v) is 12.1. The zero-order chi connectivity index (χ0) is 13.9. The lowest BCUT2D eigenvalue weighted by atomic mass is 10.1. The van der Waals surface area contributed by atoms with Crippen molar-refractivity contribution in [3.05, 3.63) is 70.9 Å². The highest BCUT2D eigenvalue weighted by Gasteiger charge is 2.08. The Balaban J connectivity index is 1.71. The number of halogens is 1. The number of aromatic amines is 1. The molecule has 2 aromatic carbocycles. The molecule has 0 amide bonds. The van der Waals surface area contributed by atoms with Crippen LogP contribution in [0.5, 0.6) is 0 Å². The van der Waals surface area contributed by atoms with E-state index in [-0.39, 0.29) is 6.04 Å². The van der Waals surface area contributed by atoms with Gasteiger partial charge in [-0.2, -0.15) is 0 Å². The summed E-state index contributed by atoms with van der Waals surface area (Å²) < 4.78 is 0. The summed E-state index contributed by atoms with van der Waals surface area (Å²) in [5.41, 5.74) is 3.58. The molecule has 0 bridgehead atoms. The molecular formula is C17H17ClN2. The van der Waals surface area contributed by atoms with E-state index < -0.39 is 0 Å². The number of aromatic nitrogens is 1. The van der Waals surface area contributed by atoms with Crippen molar-refractivity contribution in [2.24, 2.45) is 0 Å². The first kappa shape index (κ1) is 13.2. The molecule has 0 spiro atoms. The van der Waals surface area contributed by atoms with Crippen LogP contribution in [-0.2, 0) is 6.54 Å². The van der Waals surface area contributed by atoms with Crippen molar-refractivity contribution in [1.82, 2.24) is 10.3 Å². The second kappa shape index (κ2) is 5.70. The molecule has 3 heteroatoms. The molecular weight excluding hydrogens is 268 g/mol. The highest BCUT2D eigenvalue weighted by Crippen LogP contribution is 2.22. The van der Waals surface area contributed by atoms with E-state index >= 15 is 0 Å². The van der Waals surface area contributed by atoms with Gasteiger partial charge in [0.1, 0.15) is 0 Å². The Morgan fingerprint density at radius 2 is 2.00 bits per heavy atom. The molecule has 3 aromatic rings. The Kier molecular flexibility index (Phi) is 3.77. The maximum Gasteiger partial charge on any atom is 0.0454 e. The quantitative estimate of drug-likeness (QED) is 0.716. The molecule has 0 aliphatic carbocycles. The van der Waals surface area contributed by atoms with E-state index in [0.29, 0.717) is 0 Å². The summed E-state index contributed by atoms with van der Waals surface area (Å²) in [4.78, 5) is 3.21. The van der Waals surface area contributed by atoms with E-state index in [9.17, 15) is 0 Å². The molecule has 1 aromatic heterocycles. The van der Waals surface area contributed by atoms with Gasteiger partial charge >= 0.3 is 0 Å². The normalized spacial score (nSPS) is 12.7. The minimum Gasteiger partial charge on any atom is -0.361 e. The Bertz CT molecular complexity index is 718. The molecule has 0 saturated heterocycles. The van der Waals surface area contributed by atoms with Gasteiger partial charge in [-0.1, -0.05) is 35.9 Å². The van der Waals surface area contributed by atoms with Crippen molar-refractivity contribution in [2.75, 3.05) is 0 Å². The van der Waals surface area contributed by atoms with Crippen LogP contribution in [0, 0.1) is 0 Å². The average Bonchev–Trinajstić information content (AvgIpc) is 2.92. The van der Waals surface area contributed by atoms with Crippen LogP contribution in [0.2, 0.25) is 5.02 Å². The Morgan fingerprint density at radius 1 is 1.15 bits per heavy atom. The smallest absolute Gasteiger partial charge is 0.0454 e. The predicted molar refractivity (Wildman–Crippen MR) is 85.0 cm³/mol. The van der Waals surface area contributed by atoms with Gasteiger partial charge in [-0.15, -0.1) is 0 Å². The number of H-pyrrole nitrogens is 1. The first-order valence-corrected chi connectivity index (χ1v) is 7.15. The van der Waals surface area contributed by atoms with Crippen LogP contribution in [0.3, 0.4) is 0 Å². The SMILES string of the molecule is C[C@H](NCc1ccc2[nH]ccc2c1)c1ccccc1Cl. The molecule has 20 heavy (non-hydrogen) atoms. The average molecular weight is 285 g/mol. The summed E-state index contributed by atoms with van der Waals surface area (Å²) in [6.45, 7) is 2.96. The van der Waals surface area contributed by atoms with Gasteiger partial charge in [0.05, 0.1) is 0 Å². The summed E-state index contributed by atoms with van der Waals surface area (Å²) in [6, 6.07) is 16.8. The lowest BCUT2D eigenvalue weighted by molar-refractivity contribution is 0.575. The second-order valence-electron chi connectivity index (χ2n) is 5.02. The van der Waals surface area contributed by atoms with Gasteiger partial charge in [0.25, 0.3) is 0 Å². The Hall–Kier alpha value is -1.77. The van der Waals surface area contributed by atoms with Crippen molar-refractivity contribution < 1.29 is 0 Å². The molecule has 1 atom stereocenters. The summed E-state index contributed by atoms with van der Waals surface area (Å²) in [6.07, 6.45) is 1.97. The molecule has 0 unspecified atom stereocenters. The molecule has 0 saturated carbocycles. The maximum atomic E-state index is 6.22. The molecule has 0 aliphatic heterocycles. The monoisotopic (exact) mass is 284 g/mol. The van der Waals surface area contributed by atoms with E-state index in [1.54, 1.807) is 0 Å². The van der Waals surface area contributed by atoms with Crippen molar-refractivity contribution in [3.8, 4) is 0 Å². The second-order valence-corrected chi connectivity index (χ2v) is 5.43. The topological polar surface area (TPSA) is 27.8 Å². The third-order valence-corrected chi connectivity index (χ3v) is 3.95. The molecule has 102 valence electrons. The van der Waals surface area contributed by atoms with E-state index in [2.05, 4.69) is 47.6 Å². The van der Waals surface area contributed by atoms with Gasteiger partial charge in [0.2, 0.25) is 0 Å². The molecule has 0 radical (unpaired) electrons. The number of nitrogens with one attached hydrogen (secondary N) is 2. The number of benzene rings is 2. The lowest BCUT2D eigenvalue weighted by Crippen LogP contribution is -2.18. The minimum absolute atomic E-state index is 0.227. The summed E-state index contributed by atoms with van der Waals surface area (Å²) in [7, 11) is 0. The highest BCUT2D eigenvalue weighted by molar-refractivity contribution is 6.31. The van der Waals surface area contributed by atoms with Crippen LogP contribution < -0.4 is 5.32 Å². The number of hydrogen-bond acceptors (Lipinski definition) is 1. The number of rotatable bonds is 4. The van der Waals surface area contributed by atoms with Gasteiger partial charge in [-0.05, 0) is 47.7 Å². The van der Waals surface area contributed by atoms with Crippen LogP contribution in [-0.4, -0.2) is 4.98 Å². The lowest BCUT2D eigenvalue weighted by Gasteiger charge is -2.15. The van der Waals surface area contributed by atoms with Crippen LogP contribution >= 0.6 is 11.6 Å². The fourth-order valence-electron chi connectivity index (χ4n) is 2.42. The zero-order valence-electron chi connectivity index (χ0n) is 11.4. The molecule has 3 rings (SSSR count). The summed E-state index contributed by atoms with van der Waals surface area (Å²) in [5, 5.41) is 5.58. The summed E-state index contributed by atoms with van der Waals surface area (Å²) in [5.74, 6) is 0. The van der Waals surface area contributed by atoms with Crippen LogP contribution in [0.4, 0.5) is 0 Å². The van der Waals surface area contributed by atoms with Gasteiger partial charge in [-0.25, -0.2) is 0 Å². The van der Waals surface area contributed by atoms with Crippen molar-refractivity contribution in [2.45, 2.75) is 19.5 Å². The maximum absolute atomic E-state index is 6.22. The molecule has 1 heterocycles. The van der Waals surface area contributed by atoms with Crippen molar-refractivity contribution >= 4 is 22.5 Å². The van der Waals surface area contributed by atoms with Gasteiger partial charge < -0.3 is 10.3 Å². The van der Waals surface area contributed by atoms with Crippen LogP contribution in [0.15, 0.2) is 54.7 Å². The van der Waals surface area contributed by atoms with E-state index in [0.717, 1.165) is 17.1 Å². The Morgan fingerprint density at radius 3 is 2.85 bits per heavy atom. The van der Waals surface area contributed by atoms with Crippen LogP contribution in [0.1, 0.15) is 24.1 Å². The van der Waals surface area contributed by atoms with Gasteiger partial charge in [0.15, 0.2) is 0 Å². The molecule has 2 N–H and O–H groups in total. The first-order chi connectivity index (χ1) is 9.74. The van der Waals surface area contributed by atoms with E-state index in [4.69, 9.17) is 11.6 Å². The minimum atomic E-state index is 0.227. The summed E-state index contributed by atoms with van der Waals surface area (Å²) >= 11 is 6.22. The largest absolute Gasteiger partial charge is 0.361 e. The van der Waals surface area contributed by atoms with Gasteiger partial charge in [-0.3, -0.25) is 0 Å². The number of fused-ring (bicyclic) bond motifs is 1. The standard InChI is InChI=1S/C17H17ClN2/c1-12(15-4-2-3-5-16(15)18)20-11-13-6-7-17-14(10-13)8-9-19-17/h2-10,12,19-20H,11H2,1H3/t12-/m0/s1. The number of hydrogen-bond donors (Lipinski definition) is 2. The highest BCUT2D eigenvalue weighted by atomic mass is 35.5. The van der Waals surface area contributed by atoms with Crippen LogP contribution in [0.25, 0.3) is 10.9 Å². The Labute approximate surface area is 123 Å². The van der Waals surface area contributed by atoms with Crippen molar-refractivity contribution in [1.29, 1.82) is 0 Å². The van der Waals surface area contributed by atoms with E-state index in [1.807, 2.05) is 24.4 Å². The molecule has 2 nitrogen and oxygen atoms in total. The van der Waals surface area contributed by atoms with Crippen molar-refractivity contribution in [3.63, 3.8) is 0 Å². The van der Waals surface area contributed by atoms with E-state index in [1.165, 1.54) is 16.5 Å². The molecule has 0 aliphatic rings. The van der Waals surface area contributed by atoms with Gasteiger partial charge in [0, 0.05) is 29.3 Å². The fraction of sp³-hybridized carbons (Fsp3) is 0.176. The third kappa shape index (κ3) is 2.72.